The zero-order valence-electron chi connectivity index (χ0n) is 15.8. The Morgan fingerprint density at radius 2 is 2.07 bits per heavy atom. The van der Waals surface area contributed by atoms with Crippen LogP contribution in [0, 0.1) is 17.0 Å². The maximum atomic E-state index is 12.3. The molecule has 0 bridgehead atoms. The average molecular weight is 432 g/mol. The number of nitro groups is 1. The number of anilines is 1. The number of nitrogens with zero attached hydrogens (tertiary/aromatic N) is 4. The minimum atomic E-state index is -0.594. The summed E-state index contributed by atoms with van der Waals surface area (Å²) in [6, 6.07) is 12.1. The minimum Gasteiger partial charge on any atom is -0.325 e. The van der Waals surface area contributed by atoms with Crippen molar-refractivity contribution in [2.45, 2.75) is 25.5 Å². The zero-order chi connectivity index (χ0) is 21.0. The highest BCUT2D eigenvalue weighted by Gasteiger charge is 2.16. The number of aromatic nitrogens is 3. The van der Waals surface area contributed by atoms with Gasteiger partial charge in [-0.15, -0.1) is 10.2 Å². The maximum Gasteiger partial charge on any atom is 0.289 e. The van der Waals surface area contributed by atoms with Crippen LogP contribution in [0.25, 0.3) is 11.4 Å². The van der Waals surface area contributed by atoms with Crippen LogP contribution in [-0.2, 0) is 11.3 Å². The van der Waals surface area contributed by atoms with Crippen LogP contribution in [0.15, 0.2) is 47.6 Å². The summed E-state index contributed by atoms with van der Waals surface area (Å²) < 4.78 is 1.94. The second kappa shape index (κ2) is 9.06. The Balaban J connectivity index is 1.69. The summed E-state index contributed by atoms with van der Waals surface area (Å²) in [7, 11) is 0. The molecule has 0 aliphatic rings. The van der Waals surface area contributed by atoms with Gasteiger partial charge in [-0.3, -0.25) is 14.9 Å². The van der Waals surface area contributed by atoms with Crippen molar-refractivity contribution < 1.29 is 9.72 Å². The molecule has 2 aromatic carbocycles. The molecule has 0 saturated heterocycles. The number of hydrogen-bond acceptors (Lipinski definition) is 6. The molecule has 3 rings (SSSR count). The van der Waals surface area contributed by atoms with E-state index in [1.165, 1.54) is 30.0 Å². The van der Waals surface area contributed by atoms with Gasteiger partial charge >= 0.3 is 0 Å². The van der Waals surface area contributed by atoms with Crippen molar-refractivity contribution in [2.24, 2.45) is 0 Å². The lowest BCUT2D eigenvalue weighted by molar-refractivity contribution is -0.384. The van der Waals surface area contributed by atoms with Gasteiger partial charge in [-0.1, -0.05) is 47.1 Å². The molecule has 8 nitrogen and oxygen atoms in total. The van der Waals surface area contributed by atoms with Gasteiger partial charge in [-0.05, 0) is 32.0 Å². The Hall–Kier alpha value is -2.91. The normalized spacial score (nSPS) is 10.7. The van der Waals surface area contributed by atoms with E-state index >= 15 is 0 Å². The first-order valence-corrected chi connectivity index (χ1v) is 10.1. The predicted octanol–water partition coefficient (Wildman–Crippen LogP) is 4.57. The average Bonchev–Trinajstić information content (AvgIpc) is 3.10. The first kappa shape index (κ1) is 20.8. The first-order chi connectivity index (χ1) is 13.9. The van der Waals surface area contributed by atoms with Gasteiger partial charge in [-0.2, -0.15) is 0 Å². The van der Waals surface area contributed by atoms with E-state index in [9.17, 15) is 14.9 Å². The molecule has 1 N–H and O–H groups in total. The van der Waals surface area contributed by atoms with Gasteiger partial charge in [0, 0.05) is 23.9 Å². The number of benzene rings is 2. The Morgan fingerprint density at radius 3 is 2.76 bits per heavy atom. The number of rotatable bonds is 7. The fraction of sp³-hybridized carbons (Fsp3) is 0.211. The summed E-state index contributed by atoms with van der Waals surface area (Å²) >= 11 is 7.04. The molecule has 1 aromatic heterocycles. The van der Waals surface area contributed by atoms with Gasteiger partial charge in [0.15, 0.2) is 11.0 Å². The van der Waals surface area contributed by atoms with Crippen LogP contribution < -0.4 is 5.32 Å². The summed E-state index contributed by atoms with van der Waals surface area (Å²) in [5.41, 5.74) is 2.14. The van der Waals surface area contributed by atoms with E-state index in [2.05, 4.69) is 15.5 Å². The molecule has 1 heterocycles. The van der Waals surface area contributed by atoms with E-state index in [0.29, 0.717) is 17.4 Å². The Bertz CT molecular complexity index is 1070. The SMILES string of the molecule is CCn1c(SCC(=O)Nc2ccc(Cl)c([N+](=O)[O-])c2)nnc1-c1cccc(C)c1. The number of nitro benzene ring substituents is 1. The van der Waals surface area contributed by atoms with Crippen molar-refractivity contribution in [3.05, 3.63) is 63.2 Å². The summed E-state index contributed by atoms with van der Waals surface area (Å²) in [6.45, 7) is 4.65. The van der Waals surface area contributed by atoms with Crippen molar-refractivity contribution in [3.8, 4) is 11.4 Å². The Kier molecular flexibility index (Phi) is 6.50. The molecule has 0 aliphatic carbocycles. The van der Waals surface area contributed by atoms with Gasteiger partial charge in [-0.25, -0.2) is 0 Å². The number of hydrogen-bond donors (Lipinski definition) is 1. The van der Waals surface area contributed by atoms with E-state index in [1.54, 1.807) is 0 Å². The fourth-order valence-electron chi connectivity index (χ4n) is 2.74. The van der Waals surface area contributed by atoms with E-state index in [0.717, 1.165) is 17.0 Å². The van der Waals surface area contributed by atoms with Crippen LogP contribution in [0.2, 0.25) is 5.02 Å². The van der Waals surface area contributed by atoms with Gasteiger partial charge in [0.25, 0.3) is 5.69 Å². The number of thioether (sulfide) groups is 1. The number of carbonyl (C=O) groups is 1. The number of nitrogens with one attached hydrogen (secondary N) is 1. The third kappa shape index (κ3) is 4.93. The number of amides is 1. The number of halogens is 1. The van der Waals surface area contributed by atoms with E-state index in [1.807, 2.05) is 42.7 Å². The number of carbonyl (C=O) groups excluding carboxylic acids is 1. The van der Waals surface area contributed by atoms with Crippen LogP contribution in [0.1, 0.15) is 12.5 Å². The molecule has 10 heteroatoms. The highest BCUT2D eigenvalue weighted by Crippen LogP contribution is 2.28. The third-order valence-electron chi connectivity index (χ3n) is 4.07. The lowest BCUT2D eigenvalue weighted by Crippen LogP contribution is -2.14. The lowest BCUT2D eigenvalue weighted by atomic mass is 10.1. The molecule has 3 aromatic rings. The summed E-state index contributed by atoms with van der Waals surface area (Å²) in [6.07, 6.45) is 0. The molecular weight excluding hydrogens is 414 g/mol. The highest BCUT2D eigenvalue weighted by molar-refractivity contribution is 7.99. The topological polar surface area (TPSA) is 103 Å². The van der Waals surface area contributed by atoms with Crippen LogP contribution in [0.5, 0.6) is 0 Å². The van der Waals surface area contributed by atoms with Gasteiger partial charge in [0.05, 0.1) is 10.7 Å². The molecule has 150 valence electrons. The van der Waals surface area contributed by atoms with Crippen LogP contribution >= 0.6 is 23.4 Å². The summed E-state index contributed by atoms with van der Waals surface area (Å²) in [4.78, 5) is 22.7. The standard InChI is InChI=1S/C19H18ClN5O3S/c1-3-24-18(13-6-4-5-12(2)9-13)22-23-19(24)29-11-17(26)21-14-7-8-15(20)16(10-14)25(27)28/h4-10H,3,11H2,1-2H3,(H,21,26). The molecule has 0 fully saturated rings. The second-order valence-corrected chi connectivity index (χ2v) is 7.53. The van der Waals surface area contributed by atoms with Crippen molar-refractivity contribution in [2.75, 3.05) is 11.1 Å². The smallest absolute Gasteiger partial charge is 0.289 e. The molecule has 0 spiro atoms. The molecule has 0 saturated carbocycles. The molecule has 0 atom stereocenters. The second-order valence-electron chi connectivity index (χ2n) is 6.18. The maximum absolute atomic E-state index is 12.3. The van der Waals surface area contributed by atoms with Crippen LogP contribution in [0.4, 0.5) is 11.4 Å². The van der Waals surface area contributed by atoms with Crippen molar-refractivity contribution in [3.63, 3.8) is 0 Å². The van der Waals surface area contributed by atoms with Gasteiger partial charge < -0.3 is 9.88 Å². The Labute approximate surface area is 176 Å². The lowest BCUT2D eigenvalue weighted by Gasteiger charge is -2.08. The molecule has 1 amide bonds. The van der Waals surface area contributed by atoms with E-state index in [4.69, 9.17) is 11.6 Å². The summed E-state index contributed by atoms with van der Waals surface area (Å²) in [5, 5.41) is 22.7. The fourth-order valence-corrected chi connectivity index (χ4v) is 3.72. The molecule has 0 radical (unpaired) electrons. The third-order valence-corrected chi connectivity index (χ3v) is 5.35. The van der Waals surface area contributed by atoms with Crippen molar-refractivity contribution in [1.29, 1.82) is 0 Å². The van der Waals surface area contributed by atoms with E-state index in [-0.39, 0.29) is 22.4 Å². The first-order valence-electron chi connectivity index (χ1n) is 8.76. The summed E-state index contributed by atoms with van der Waals surface area (Å²) in [5.74, 6) is 0.518. The van der Waals surface area contributed by atoms with Crippen LogP contribution in [0.3, 0.4) is 0 Å². The Morgan fingerprint density at radius 1 is 1.28 bits per heavy atom. The monoisotopic (exact) mass is 431 g/mol. The molecule has 0 unspecified atom stereocenters. The highest BCUT2D eigenvalue weighted by atomic mass is 35.5. The van der Waals surface area contributed by atoms with Crippen molar-refractivity contribution >= 4 is 40.6 Å². The van der Waals surface area contributed by atoms with Crippen molar-refractivity contribution in [1.82, 2.24) is 14.8 Å². The molecule has 29 heavy (non-hydrogen) atoms. The molecule has 0 aliphatic heterocycles. The van der Waals surface area contributed by atoms with Gasteiger partial charge in [0.1, 0.15) is 5.02 Å². The largest absolute Gasteiger partial charge is 0.325 e. The van der Waals surface area contributed by atoms with E-state index < -0.39 is 4.92 Å². The predicted molar refractivity (Wildman–Crippen MR) is 113 cm³/mol. The quantitative estimate of drug-likeness (QED) is 0.334. The molecular formula is C19H18ClN5O3S. The number of aryl methyl sites for hydroxylation is 1. The zero-order valence-corrected chi connectivity index (χ0v) is 17.3. The van der Waals surface area contributed by atoms with Gasteiger partial charge in [0.2, 0.25) is 5.91 Å². The minimum absolute atomic E-state index is 0.0158. The van der Waals surface area contributed by atoms with Crippen LogP contribution in [-0.4, -0.2) is 31.3 Å².